The van der Waals surface area contributed by atoms with E-state index in [0.29, 0.717) is 5.92 Å². The van der Waals surface area contributed by atoms with Gasteiger partial charge in [-0.15, -0.1) is 0 Å². The van der Waals surface area contributed by atoms with Gasteiger partial charge in [0.25, 0.3) is 0 Å². The van der Waals surface area contributed by atoms with Gasteiger partial charge in [-0.3, -0.25) is 4.40 Å². The number of aromatic nitrogens is 3. The summed E-state index contributed by atoms with van der Waals surface area (Å²) in [7, 11) is 0. The molecule has 4 nitrogen and oxygen atoms in total. The summed E-state index contributed by atoms with van der Waals surface area (Å²) in [5.74, 6) is 1.32. The van der Waals surface area contributed by atoms with Crippen molar-refractivity contribution in [2.24, 2.45) is 0 Å². The van der Waals surface area contributed by atoms with Crippen LogP contribution in [0.15, 0.2) is 23.1 Å². The number of imidazole rings is 1. The van der Waals surface area contributed by atoms with Gasteiger partial charge in [-0.2, -0.15) is 0 Å². The molecule has 15 heavy (non-hydrogen) atoms. The largest absolute Gasteiger partial charge is 0.316 e. The highest BCUT2D eigenvalue weighted by atomic mass is 79.9. The monoisotopic (exact) mass is 266 g/mol. The van der Waals surface area contributed by atoms with E-state index in [4.69, 9.17) is 0 Å². The van der Waals surface area contributed by atoms with Crippen molar-refractivity contribution >= 4 is 21.7 Å². The number of fused-ring (bicyclic) bond motifs is 1. The zero-order chi connectivity index (χ0) is 10.3. The summed E-state index contributed by atoms with van der Waals surface area (Å²) < 4.78 is 2.88. The molecule has 0 bridgehead atoms. The number of nitrogens with one attached hydrogen (secondary N) is 1. The summed E-state index contributed by atoms with van der Waals surface area (Å²) in [5.41, 5.74) is 1.14. The fourth-order valence-corrected chi connectivity index (χ4v) is 2.37. The van der Waals surface area contributed by atoms with E-state index in [1.165, 1.54) is 6.42 Å². The Labute approximate surface area is 95.9 Å². The SMILES string of the molecule is Brc1cnc2nc(C3CCNC3)ccn12. The summed E-state index contributed by atoms with van der Waals surface area (Å²) in [5, 5.41) is 3.35. The molecular weight excluding hydrogens is 256 g/mol. The lowest BCUT2D eigenvalue weighted by molar-refractivity contribution is 0.732. The Hall–Kier alpha value is -0.940. The lowest BCUT2D eigenvalue weighted by atomic mass is 10.1. The van der Waals surface area contributed by atoms with E-state index in [1.807, 2.05) is 10.6 Å². The second kappa shape index (κ2) is 3.57. The molecule has 0 saturated carbocycles. The molecule has 1 atom stereocenters. The molecule has 1 saturated heterocycles. The van der Waals surface area contributed by atoms with E-state index in [-0.39, 0.29) is 0 Å². The van der Waals surface area contributed by atoms with Crippen molar-refractivity contribution in [1.82, 2.24) is 19.7 Å². The third-order valence-electron chi connectivity index (χ3n) is 2.83. The van der Waals surface area contributed by atoms with Gasteiger partial charge in [-0.25, -0.2) is 9.97 Å². The minimum Gasteiger partial charge on any atom is -0.316 e. The zero-order valence-corrected chi connectivity index (χ0v) is 9.74. The molecule has 3 rings (SSSR count). The second-order valence-electron chi connectivity index (χ2n) is 3.79. The van der Waals surface area contributed by atoms with Crippen LogP contribution >= 0.6 is 15.9 Å². The Morgan fingerprint density at radius 3 is 3.27 bits per heavy atom. The number of nitrogens with zero attached hydrogens (tertiary/aromatic N) is 3. The maximum Gasteiger partial charge on any atom is 0.234 e. The molecule has 0 amide bonds. The van der Waals surface area contributed by atoms with Crippen molar-refractivity contribution in [3.63, 3.8) is 0 Å². The smallest absolute Gasteiger partial charge is 0.234 e. The normalized spacial score (nSPS) is 21.3. The van der Waals surface area contributed by atoms with E-state index >= 15 is 0 Å². The highest BCUT2D eigenvalue weighted by Crippen LogP contribution is 2.21. The topological polar surface area (TPSA) is 42.2 Å². The van der Waals surface area contributed by atoms with E-state index in [1.54, 1.807) is 6.20 Å². The Balaban J connectivity index is 2.05. The molecular formula is C10H11BrN4. The number of rotatable bonds is 1. The average Bonchev–Trinajstić information content (AvgIpc) is 2.88. The lowest BCUT2D eigenvalue weighted by Gasteiger charge is -2.07. The molecule has 0 aliphatic carbocycles. The highest BCUT2D eigenvalue weighted by Gasteiger charge is 2.18. The first-order valence-corrected chi connectivity index (χ1v) is 5.84. The van der Waals surface area contributed by atoms with Gasteiger partial charge in [0.1, 0.15) is 4.60 Å². The highest BCUT2D eigenvalue weighted by molar-refractivity contribution is 9.10. The summed E-state index contributed by atoms with van der Waals surface area (Å²) in [4.78, 5) is 8.79. The molecule has 1 aliphatic rings. The summed E-state index contributed by atoms with van der Waals surface area (Å²) in [6, 6.07) is 2.08. The van der Waals surface area contributed by atoms with E-state index < -0.39 is 0 Å². The maximum absolute atomic E-state index is 4.56. The quantitative estimate of drug-likeness (QED) is 0.852. The Kier molecular flexibility index (Phi) is 2.21. The average molecular weight is 267 g/mol. The van der Waals surface area contributed by atoms with Crippen molar-refractivity contribution in [1.29, 1.82) is 0 Å². The number of hydrogen-bond donors (Lipinski definition) is 1. The summed E-state index contributed by atoms with van der Waals surface area (Å²) >= 11 is 3.42. The van der Waals surface area contributed by atoms with E-state index in [2.05, 4.69) is 37.3 Å². The minimum atomic E-state index is 0.547. The maximum atomic E-state index is 4.56. The molecule has 2 aromatic rings. The number of halogens is 1. The Bertz CT molecular complexity index is 487. The molecule has 0 spiro atoms. The molecule has 1 fully saturated rings. The van der Waals surface area contributed by atoms with E-state index in [0.717, 1.165) is 29.2 Å². The summed E-state index contributed by atoms with van der Waals surface area (Å²) in [6.45, 7) is 2.13. The fourth-order valence-electron chi connectivity index (χ4n) is 1.99. The van der Waals surface area contributed by atoms with Crippen molar-refractivity contribution in [2.75, 3.05) is 13.1 Å². The van der Waals surface area contributed by atoms with Crippen LogP contribution in [-0.4, -0.2) is 27.5 Å². The molecule has 2 aromatic heterocycles. The zero-order valence-electron chi connectivity index (χ0n) is 8.15. The van der Waals surface area contributed by atoms with Crippen molar-refractivity contribution in [2.45, 2.75) is 12.3 Å². The van der Waals surface area contributed by atoms with Crippen molar-refractivity contribution in [3.8, 4) is 0 Å². The van der Waals surface area contributed by atoms with Crippen LogP contribution in [0.3, 0.4) is 0 Å². The van der Waals surface area contributed by atoms with Crippen LogP contribution in [0.4, 0.5) is 0 Å². The van der Waals surface area contributed by atoms with Crippen LogP contribution in [0.5, 0.6) is 0 Å². The fraction of sp³-hybridized carbons (Fsp3) is 0.400. The Morgan fingerprint density at radius 2 is 2.47 bits per heavy atom. The van der Waals surface area contributed by atoms with E-state index in [9.17, 15) is 0 Å². The van der Waals surface area contributed by atoms with Crippen LogP contribution in [-0.2, 0) is 0 Å². The summed E-state index contributed by atoms with van der Waals surface area (Å²) in [6.07, 6.45) is 4.97. The third-order valence-corrected chi connectivity index (χ3v) is 3.42. The van der Waals surface area contributed by atoms with Gasteiger partial charge in [-0.1, -0.05) is 0 Å². The van der Waals surface area contributed by atoms with Crippen LogP contribution in [0.1, 0.15) is 18.0 Å². The first-order chi connectivity index (χ1) is 7.34. The van der Waals surface area contributed by atoms with Crippen molar-refractivity contribution in [3.05, 3.63) is 28.8 Å². The molecule has 5 heteroatoms. The first kappa shape index (κ1) is 9.30. The number of hydrogen-bond acceptors (Lipinski definition) is 3. The standard InChI is InChI=1S/C10H11BrN4/c11-9-6-13-10-14-8(2-4-15(9)10)7-1-3-12-5-7/h2,4,6-7,12H,1,3,5H2. The lowest BCUT2D eigenvalue weighted by Crippen LogP contribution is -2.09. The third kappa shape index (κ3) is 1.55. The van der Waals surface area contributed by atoms with Crippen LogP contribution in [0.25, 0.3) is 5.78 Å². The first-order valence-electron chi connectivity index (χ1n) is 5.05. The van der Waals surface area contributed by atoms with Gasteiger partial charge in [-0.05, 0) is 35.0 Å². The van der Waals surface area contributed by atoms with Crippen LogP contribution in [0, 0.1) is 0 Å². The molecule has 3 heterocycles. The minimum absolute atomic E-state index is 0.547. The molecule has 1 unspecified atom stereocenters. The molecule has 1 aliphatic heterocycles. The Morgan fingerprint density at radius 1 is 1.53 bits per heavy atom. The molecule has 1 N–H and O–H groups in total. The van der Waals surface area contributed by atoms with Crippen LogP contribution in [0.2, 0.25) is 0 Å². The second-order valence-corrected chi connectivity index (χ2v) is 4.61. The van der Waals surface area contributed by atoms with Crippen molar-refractivity contribution < 1.29 is 0 Å². The van der Waals surface area contributed by atoms with Gasteiger partial charge >= 0.3 is 0 Å². The van der Waals surface area contributed by atoms with Gasteiger partial charge in [0.05, 0.1) is 11.9 Å². The van der Waals surface area contributed by atoms with Crippen LogP contribution < -0.4 is 5.32 Å². The van der Waals surface area contributed by atoms with Gasteiger partial charge in [0, 0.05) is 18.7 Å². The molecule has 0 radical (unpaired) electrons. The predicted octanol–water partition coefficient (Wildman–Crippen LogP) is 1.57. The van der Waals surface area contributed by atoms with Gasteiger partial charge < -0.3 is 5.32 Å². The van der Waals surface area contributed by atoms with Gasteiger partial charge in [0.2, 0.25) is 5.78 Å². The molecule has 78 valence electrons. The van der Waals surface area contributed by atoms with Gasteiger partial charge in [0.15, 0.2) is 0 Å². The molecule has 0 aromatic carbocycles. The predicted molar refractivity (Wildman–Crippen MR) is 60.9 cm³/mol.